The number of hydrogen-bond acceptors (Lipinski definition) is 5. The van der Waals surface area contributed by atoms with Crippen molar-refractivity contribution in [2.45, 2.75) is 12.7 Å². The zero-order valence-electron chi connectivity index (χ0n) is 15.1. The van der Waals surface area contributed by atoms with Crippen molar-refractivity contribution in [1.29, 1.82) is 0 Å². The fourth-order valence-corrected chi connectivity index (χ4v) is 2.59. The number of alkyl halides is 2. The van der Waals surface area contributed by atoms with Crippen LogP contribution < -0.4 is 24.3 Å². The number of hydrogen-bond donors (Lipinski definition) is 1. The van der Waals surface area contributed by atoms with E-state index in [1.807, 2.05) is 18.2 Å². The molecule has 3 rings (SSSR count). The topological polar surface area (TPSA) is 66.0 Å². The molecule has 8 heteroatoms. The van der Waals surface area contributed by atoms with Gasteiger partial charge in [-0.15, -0.1) is 0 Å². The highest BCUT2D eigenvalue weighted by Gasteiger charge is 2.20. The highest BCUT2D eigenvalue weighted by molar-refractivity contribution is 5.91. The second-order valence-electron chi connectivity index (χ2n) is 5.86. The van der Waals surface area contributed by atoms with Crippen LogP contribution in [0, 0.1) is 0 Å². The maximum atomic E-state index is 12.3. The molecule has 0 aromatic heterocycles. The third-order valence-electron chi connectivity index (χ3n) is 3.90. The largest absolute Gasteiger partial charge is 0.493 e. The number of ether oxygens (including phenoxy) is 4. The first-order valence-electron chi connectivity index (χ1n) is 8.52. The Morgan fingerprint density at radius 1 is 1.25 bits per heavy atom. The van der Waals surface area contributed by atoms with Gasteiger partial charge in [-0.1, -0.05) is 18.2 Å². The van der Waals surface area contributed by atoms with Gasteiger partial charge in [0.1, 0.15) is 12.7 Å². The van der Waals surface area contributed by atoms with E-state index in [4.69, 9.17) is 14.2 Å². The van der Waals surface area contributed by atoms with Crippen LogP contribution in [0.5, 0.6) is 23.0 Å². The van der Waals surface area contributed by atoms with Crippen molar-refractivity contribution in [1.82, 2.24) is 5.32 Å². The fraction of sp³-hybridized carbons (Fsp3) is 0.250. The summed E-state index contributed by atoms with van der Waals surface area (Å²) in [4.78, 5) is 12.0. The minimum Gasteiger partial charge on any atom is -0.493 e. The summed E-state index contributed by atoms with van der Waals surface area (Å²) < 4.78 is 45.4. The van der Waals surface area contributed by atoms with E-state index in [0.29, 0.717) is 23.7 Å². The molecule has 0 saturated carbocycles. The van der Waals surface area contributed by atoms with Crippen molar-refractivity contribution in [3.63, 3.8) is 0 Å². The molecule has 1 aliphatic rings. The summed E-state index contributed by atoms with van der Waals surface area (Å²) in [5.74, 6) is 1.07. The van der Waals surface area contributed by atoms with Crippen LogP contribution in [0.4, 0.5) is 8.78 Å². The minimum absolute atomic E-state index is 0.0752. The predicted molar refractivity (Wildman–Crippen MR) is 98.0 cm³/mol. The normalized spacial score (nSPS) is 15.5. The standard InChI is InChI=1S/C20H19F2NO5/c1-25-18-10-13(6-8-17(18)28-20(21)22)7-9-19(24)23-11-14-12-26-15-4-2-3-5-16(15)27-14/h2-10,14,20H,11-12H2,1H3,(H,23,24)/b9-7+/t14-/m0/s1. The maximum Gasteiger partial charge on any atom is 0.387 e. The Balaban J connectivity index is 1.53. The van der Waals surface area contributed by atoms with Crippen LogP contribution in [0.1, 0.15) is 5.56 Å². The van der Waals surface area contributed by atoms with Gasteiger partial charge in [0.15, 0.2) is 23.0 Å². The monoisotopic (exact) mass is 391 g/mol. The number of fused-ring (bicyclic) bond motifs is 1. The fourth-order valence-electron chi connectivity index (χ4n) is 2.59. The Kier molecular flexibility index (Phi) is 6.31. The molecule has 0 radical (unpaired) electrons. The summed E-state index contributed by atoms with van der Waals surface area (Å²) in [6.07, 6.45) is 2.58. The number of carbonyl (C=O) groups is 1. The number of methoxy groups -OCH3 is 1. The quantitative estimate of drug-likeness (QED) is 0.734. The third-order valence-corrected chi connectivity index (χ3v) is 3.90. The highest BCUT2D eigenvalue weighted by atomic mass is 19.3. The Morgan fingerprint density at radius 3 is 2.79 bits per heavy atom. The summed E-state index contributed by atoms with van der Waals surface area (Å²) in [6.45, 7) is -2.33. The van der Waals surface area contributed by atoms with Gasteiger partial charge in [-0.25, -0.2) is 0 Å². The van der Waals surface area contributed by atoms with Crippen molar-refractivity contribution >= 4 is 12.0 Å². The van der Waals surface area contributed by atoms with Gasteiger partial charge in [0, 0.05) is 6.08 Å². The van der Waals surface area contributed by atoms with E-state index in [2.05, 4.69) is 10.1 Å². The van der Waals surface area contributed by atoms with Crippen LogP contribution in [-0.2, 0) is 4.79 Å². The lowest BCUT2D eigenvalue weighted by Crippen LogP contribution is -2.40. The van der Waals surface area contributed by atoms with Gasteiger partial charge in [0.05, 0.1) is 13.7 Å². The summed E-state index contributed by atoms with van der Waals surface area (Å²) in [5.41, 5.74) is 0.597. The molecule has 2 aromatic carbocycles. The van der Waals surface area contributed by atoms with Crippen LogP contribution >= 0.6 is 0 Å². The smallest absolute Gasteiger partial charge is 0.387 e. The lowest BCUT2D eigenvalue weighted by atomic mass is 10.2. The average Bonchev–Trinajstić information content (AvgIpc) is 2.71. The number of amides is 1. The first-order valence-corrected chi connectivity index (χ1v) is 8.52. The molecular formula is C20H19F2NO5. The van der Waals surface area contributed by atoms with Crippen molar-refractivity contribution in [3.05, 3.63) is 54.1 Å². The molecule has 1 atom stereocenters. The molecule has 6 nitrogen and oxygen atoms in total. The molecule has 0 saturated heterocycles. The van der Waals surface area contributed by atoms with Crippen LogP contribution in [0.3, 0.4) is 0 Å². The molecule has 2 aromatic rings. The van der Waals surface area contributed by atoms with Gasteiger partial charge < -0.3 is 24.3 Å². The number of carbonyl (C=O) groups excluding carboxylic acids is 1. The van der Waals surface area contributed by atoms with Gasteiger partial charge in [-0.3, -0.25) is 4.79 Å². The van der Waals surface area contributed by atoms with Crippen LogP contribution in [0.25, 0.3) is 6.08 Å². The summed E-state index contributed by atoms with van der Waals surface area (Å²) in [5, 5.41) is 2.73. The van der Waals surface area contributed by atoms with E-state index in [1.165, 1.54) is 31.4 Å². The number of nitrogens with one attached hydrogen (secondary N) is 1. The van der Waals surface area contributed by atoms with E-state index >= 15 is 0 Å². The second kappa shape index (κ2) is 9.07. The predicted octanol–water partition coefficient (Wildman–Crippen LogP) is 3.27. The Labute approximate surface area is 160 Å². The molecule has 1 amide bonds. The number of para-hydroxylation sites is 2. The zero-order chi connectivity index (χ0) is 19.9. The van der Waals surface area contributed by atoms with E-state index in [1.54, 1.807) is 12.1 Å². The minimum atomic E-state index is -2.95. The first kappa shape index (κ1) is 19.5. The van der Waals surface area contributed by atoms with Crippen molar-refractivity contribution in [2.75, 3.05) is 20.3 Å². The van der Waals surface area contributed by atoms with Gasteiger partial charge in [0.2, 0.25) is 5.91 Å². The molecule has 28 heavy (non-hydrogen) atoms. The van der Waals surface area contributed by atoms with Gasteiger partial charge in [-0.05, 0) is 35.9 Å². The molecule has 0 unspecified atom stereocenters. The SMILES string of the molecule is COc1cc(/C=C/C(=O)NC[C@H]2COc3ccccc3O2)ccc1OC(F)F. The number of halogens is 2. The average molecular weight is 391 g/mol. The van der Waals surface area contributed by atoms with Gasteiger partial charge in [0.25, 0.3) is 0 Å². The van der Waals surface area contributed by atoms with Crippen molar-refractivity contribution in [2.24, 2.45) is 0 Å². The van der Waals surface area contributed by atoms with Crippen molar-refractivity contribution < 1.29 is 32.5 Å². The van der Waals surface area contributed by atoms with Gasteiger partial charge in [-0.2, -0.15) is 8.78 Å². The van der Waals surface area contributed by atoms with E-state index in [9.17, 15) is 13.6 Å². The van der Waals surface area contributed by atoms with Crippen LogP contribution in [-0.4, -0.2) is 38.9 Å². The van der Waals surface area contributed by atoms with Crippen LogP contribution in [0.2, 0.25) is 0 Å². The van der Waals surface area contributed by atoms with Gasteiger partial charge >= 0.3 is 6.61 Å². The van der Waals surface area contributed by atoms with E-state index < -0.39 is 6.61 Å². The molecule has 0 bridgehead atoms. The summed E-state index contributed by atoms with van der Waals surface area (Å²) in [7, 11) is 1.35. The van der Waals surface area contributed by atoms with E-state index in [0.717, 1.165) is 0 Å². The summed E-state index contributed by atoms with van der Waals surface area (Å²) >= 11 is 0. The molecule has 1 aliphatic heterocycles. The molecule has 1 heterocycles. The Bertz CT molecular complexity index is 856. The lowest BCUT2D eigenvalue weighted by Gasteiger charge is -2.26. The molecule has 0 aliphatic carbocycles. The highest BCUT2D eigenvalue weighted by Crippen LogP contribution is 2.31. The molecular weight excluding hydrogens is 372 g/mol. The molecule has 0 fully saturated rings. The Hall–Kier alpha value is -3.29. The Morgan fingerprint density at radius 2 is 2.04 bits per heavy atom. The van der Waals surface area contributed by atoms with Crippen molar-refractivity contribution in [3.8, 4) is 23.0 Å². The van der Waals surface area contributed by atoms with E-state index in [-0.39, 0.29) is 30.1 Å². The zero-order valence-corrected chi connectivity index (χ0v) is 15.1. The maximum absolute atomic E-state index is 12.3. The second-order valence-corrected chi connectivity index (χ2v) is 5.86. The van der Waals surface area contributed by atoms with Crippen LogP contribution in [0.15, 0.2) is 48.5 Å². The lowest BCUT2D eigenvalue weighted by molar-refractivity contribution is -0.116. The third kappa shape index (κ3) is 5.12. The molecule has 148 valence electrons. The number of rotatable bonds is 7. The number of benzene rings is 2. The summed E-state index contributed by atoms with van der Waals surface area (Å²) in [6, 6.07) is 11.7. The first-order chi connectivity index (χ1) is 13.5. The molecule has 1 N–H and O–H groups in total. The molecule has 0 spiro atoms.